The Kier molecular flexibility index (Phi) is 5.25. The minimum Gasteiger partial charge on any atom is -0.439 e. The molecule has 144 valence electrons. The fraction of sp³-hybridized carbons (Fsp3) is 0.105. The number of carbonyl (C=O) groups excluding carboxylic acids is 1. The van der Waals surface area contributed by atoms with Gasteiger partial charge in [0.15, 0.2) is 5.69 Å². The van der Waals surface area contributed by atoms with Gasteiger partial charge in [-0.25, -0.2) is 9.37 Å². The van der Waals surface area contributed by atoms with Gasteiger partial charge in [0, 0.05) is 17.3 Å². The molecule has 0 aliphatic heterocycles. The van der Waals surface area contributed by atoms with Crippen LogP contribution in [-0.2, 0) is 6.18 Å². The molecule has 0 aliphatic carbocycles. The first kappa shape index (κ1) is 19.3. The molecule has 3 aromatic rings. The summed E-state index contributed by atoms with van der Waals surface area (Å²) in [4.78, 5) is 19.2. The average molecular weight is 391 g/mol. The Bertz CT molecular complexity index is 988. The van der Waals surface area contributed by atoms with Crippen molar-refractivity contribution in [1.29, 1.82) is 0 Å². The van der Waals surface area contributed by atoms with E-state index < -0.39 is 23.6 Å². The normalized spacial score (nSPS) is 11.2. The van der Waals surface area contributed by atoms with Gasteiger partial charge < -0.3 is 10.1 Å². The third kappa shape index (κ3) is 4.81. The average Bonchev–Trinajstić information content (AvgIpc) is 2.62. The molecule has 0 saturated heterocycles. The summed E-state index contributed by atoms with van der Waals surface area (Å²) in [5.74, 6) is -0.983. The lowest BCUT2D eigenvalue weighted by Gasteiger charge is -2.10. The summed E-state index contributed by atoms with van der Waals surface area (Å²) in [6.45, 7) is 1.33. The number of hydrogen-bond donors (Lipinski definition) is 1. The van der Waals surface area contributed by atoms with E-state index in [1.165, 1.54) is 55.5 Å². The number of anilines is 1. The summed E-state index contributed by atoms with van der Waals surface area (Å²) >= 11 is 0. The van der Waals surface area contributed by atoms with Gasteiger partial charge >= 0.3 is 6.18 Å². The van der Waals surface area contributed by atoms with Gasteiger partial charge in [-0.3, -0.25) is 4.79 Å². The van der Waals surface area contributed by atoms with E-state index in [-0.39, 0.29) is 23.0 Å². The van der Waals surface area contributed by atoms with E-state index in [9.17, 15) is 22.4 Å². The first-order valence-corrected chi connectivity index (χ1v) is 7.98. The topological polar surface area (TPSA) is 64.1 Å². The number of halogens is 4. The second-order valence-corrected chi connectivity index (χ2v) is 5.72. The van der Waals surface area contributed by atoms with Crippen LogP contribution in [0.4, 0.5) is 23.2 Å². The van der Waals surface area contributed by atoms with Crippen LogP contribution < -0.4 is 10.1 Å². The lowest BCUT2D eigenvalue weighted by molar-refractivity contribution is -0.141. The van der Waals surface area contributed by atoms with Gasteiger partial charge in [0.1, 0.15) is 17.4 Å². The lowest BCUT2D eigenvalue weighted by Crippen LogP contribution is -2.11. The van der Waals surface area contributed by atoms with Gasteiger partial charge in [0.25, 0.3) is 5.91 Å². The summed E-state index contributed by atoms with van der Waals surface area (Å²) in [6.07, 6.45) is -4.61. The Hall–Kier alpha value is -3.49. The molecule has 0 aliphatic rings. The highest BCUT2D eigenvalue weighted by Crippen LogP contribution is 2.31. The quantitative estimate of drug-likeness (QED) is 0.637. The van der Waals surface area contributed by atoms with Crippen LogP contribution in [-0.4, -0.2) is 15.9 Å². The van der Waals surface area contributed by atoms with Gasteiger partial charge in [-0.05, 0) is 55.5 Å². The van der Waals surface area contributed by atoms with E-state index in [0.717, 1.165) is 0 Å². The maximum absolute atomic E-state index is 12.9. The maximum Gasteiger partial charge on any atom is 0.433 e. The SMILES string of the molecule is Cc1nc(Oc2ccc(NC(=O)c3ccc(F)cc3)cc2)cc(C(F)(F)F)n1. The standard InChI is InChI=1S/C19H13F4N3O2/c1-11-24-16(19(21,22)23)10-17(25-11)28-15-8-6-14(7-9-15)26-18(27)12-2-4-13(20)5-3-12/h2-10H,1H3,(H,26,27). The van der Waals surface area contributed by atoms with Crippen LogP contribution in [0.25, 0.3) is 0 Å². The van der Waals surface area contributed by atoms with Gasteiger partial charge in [0.05, 0.1) is 0 Å². The number of hydrogen-bond acceptors (Lipinski definition) is 4. The van der Waals surface area contributed by atoms with Gasteiger partial charge in [-0.15, -0.1) is 0 Å². The first-order valence-electron chi connectivity index (χ1n) is 7.98. The molecule has 1 heterocycles. The Morgan fingerprint density at radius 3 is 2.25 bits per heavy atom. The highest BCUT2D eigenvalue weighted by molar-refractivity contribution is 6.04. The van der Waals surface area contributed by atoms with Crippen LogP contribution in [0, 0.1) is 12.7 Å². The zero-order chi connectivity index (χ0) is 20.3. The van der Waals surface area contributed by atoms with Gasteiger partial charge in [0.2, 0.25) is 5.88 Å². The molecule has 0 radical (unpaired) electrons. The summed E-state index contributed by atoms with van der Waals surface area (Å²) in [7, 11) is 0. The van der Waals surface area contributed by atoms with Crippen molar-refractivity contribution in [1.82, 2.24) is 9.97 Å². The fourth-order valence-electron chi connectivity index (χ4n) is 2.27. The first-order chi connectivity index (χ1) is 13.2. The predicted octanol–water partition coefficient (Wildman–Crippen LogP) is 4.99. The van der Waals surface area contributed by atoms with Crippen LogP contribution >= 0.6 is 0 Å². The van der Waals surface area contributed by atoms with Crippen molar-refractivity contribution in [3.05, 3.63) is 77.5 Å². The van der Waals surface area contributed by atoms with Crippen molar-refractivity contribution in [3.8, 4) is 11.6 Å². The molecular weight excluding hydrogens is 378 g/mol. The van der Waals surface area contributed by atoms with Crippen LogP contribution in [0.1, 0.15) is 21.9 Å². The largest absolute Gasteiger partial charge is 0.439 e. The number of amides is 1. The van der Waals surface area contributed by atoms with Gasteiger partial charge in [-0.1, -0.05) is 0 Å². The monoisotopic (exact) mass is 391 g/mol. The second-order valence-electron chi connectivity index (χ2n) is 5.72. The van der Waals surface area contributed by atoms with E-state index >= 15 is 0 Å². The number of nitrogens with one attached hydrogen (secondary N) is 1. The van der Waals surface area contributed by atoms with E-state index in [1.54, 1.807) is 0 Å². The number of benzene rings is 2. The van der Waals surface area contributed by atoms with Crippen molar-refractivity contribution in [2.75, 3.05) is 5.32 Å². The molecule has 1 N–H and O–H groups in total. The van der Waals surface area contributed by atoms with E-state index in [4.69, 9.17) is 4.74 Å². The van der Waals surface area contributed by atoms with Crippen LogP contribution in [0.15, 0.2) is 54.6 Å². The second kappa shape index (κ2) is 7.63. The molecule has 0 atom stereocenters. The number of carbonyl (C=O) groups is 1. The van der Waals surface area contributed by atoms with Crippen molar-refractivity contribution < 1.29 is 27.1 Å². The van der Waals surface area contributed by atoms with Crippen LogP contribution in [0.3, 0.4) is 0 Å². The summed E-state index contributed by atoms with van der Waals surface area (Å²) in [5, 5.41) is 2.62. The van der Waals surface area contributed by atoms with E-state index in [1.807, 2.05) is 0 Å². The minimum atomic E-state index is -4.61. The zero-order valence-corrected chi connectivity index (χ0v) is 14.4. The summed E-state index contributed by atoms with van der Waals surface area (Å²) in [5.41, 5.74) is -0.396. The molecular formula is C19H13F4N3O2. The number of aromatic nitrogens is 2. The van der Waals surface area contributed by atoms with Gasteiger partial charge in [-0.2, -0.15) is 18.2 Å². The van der Waals surface area contributed by atoms with Crippen LogP contribution in [0.5, 0.6) is 11.6 Å². The Balaban J connectivity index is 1.70. The third-order valence-electron chi connectivity index (χ3n) is 3.55. The van der Waals surface area contributed by atoms with Crippen LogP contribution in [0.2, 0.25) is 0 Å². The number of ether oxygens (including phenoxy) is 1. The third-order valence-corrected chi connectivity index (χ3v) is 3.55. The molecule has 3 rings (SSSR count). The maximum atomic E-state index is 12.9. The molecule has 1 amide bonds. The number of rotatable bonds is 4. The van der Waals surface area contributed by atoms with Crippen molar-refractivity contribution in [2.24, 2.45) is 0 Å². The molecule has 0 bridgehead atoms. The Labute approximate surface area is 157 Å². The van der Waals surface area contributed by atoms with Crippen molar-refractivity contribution >= 4 is 11.6 Å². The highest BCUT2D eigenvalue weighted by atomic mass is 19.4. The lowest BCUT2D eigenvalue weighted by atomic mass is 10.2. The number of nitrogens with zero attached hydrogens (tertiary/aromatic N) is 2. The molecule has 2 aromatic carbocycles. The fourth-order valence-corrected chi connectivity index (χ4v) is 2.27. The minimum absolute atomic E-state index is 0.0759. The number of alkyl halides is 3. The van der Waals surface area contributed by atoms with E-state index in [0.29, 0.717) is 11.8 Å². The van der Waals surface area contributed by atoms with E-state index in [2.05, 4.69) is 15.3 Å². The Morgan fingerprint density at radius 2 is 1.64 bits per heavy atom. The zero-order valence-electron chi connectivity index (χ0n) is 14.4. The summed E-state index contributed by atoms with van der Waals surface area (Å²) < 4.78 is 56.7. The smallest absolute Gasteiger partial charge is 0.433 e. The van der Waals surface area contributed by atoms with Crippen molar-refractivity contribution in [2.45, 2.75) is 13.1 Å². The summed E-state index contributed by atoms with van der Waals surface area (Å²) in [6, 6.07) is 11.7. The molecule has 9 heteroatoms. The molecule has 0 unspecified atom stereocenters. The molecule has 0 fully saturated rings. The van der Waals surface area contributed by atoms with Crippen molar-refractivity contribution in [3.63, 3.8) is 0 Å². The molecule has 28 heavy (non-hydrogen) atoms. The molecule has 5 nitrogen and oxygen atoms in total. The molecule has 1 aromatic heterocycles. The predicted molar refractivity (Wildman–Crippen MR) is 92.6 cm³/mol. The highest BCUT2D eigenvalue weighted by Gasteiger charge is 2.33. The molecule has 0 spiro atoms. The number of aryl methyl sites for hydroxylation is 1. The molecule has 0 saturated carbocycles. The Morgan fingerprint density at radius 1 is 1.00 bits per heavy atom.